The first-order valence-corrected chi connectivity index (χ1v) is 13.7. The summed E-state index contributed by atoms with van der Waals surface area (Å²) in [5.74, 6) is 0.245. The molecule has 35 heavy (non-hydrogen) atoms. The Morgan fingerprint density at radius 3 is 2.31 bits per heavy atom. The van der Waals surface area contributed by atoms with Gasteiger partial charge in [0.1, 0.15) is 11.8 Å². The summed E-state index contributed by atoms with van der Waals surface area (Å²) in [6.07, 6.45) is 2.04. The molecule has 0 aliphatic carbocycles. The lowest BCUT2D eigenvalue weighted by molar-refractivity contribution is -0.141. The second-order valence-corrected chi connectivity index (χ2v) is 10.3. The summed E-state index contributed by atoms with van der Waals surface area (Å²) in [6, 6.07) is 14.1. The molecular formula is C26H37N3O5S. The second kappa shape index (κ2) is 13.1. The van der Waals surface area contributed by atoms with Gasteiger partial charge < -0.3 is 15.0 Å². The molecule has 1 unspecified atom stereocenters. The quantitative estimate of drug-likeness (QED) is 0.451. The monoisotopic (exact) mass is 503 g/mol. The van der Waals surface area contributed by atoms with Crippen LogP contribution in [0.25, 0.3) is 0 Å². The Labute approximate surface area is 209 Å². The van der Waals surface area contributed by atoms with Crippen LogP contribution in [0.2, 0.25) is 0 Å². The highest BCUT2D eigenvalue weighted by molar-refractivity contribution is 7.92. The Bertz CT molecular complexity index is 1090. The molecule has 0 fully saturated rings. The normalized spacial score (nSPS) is 12.0. The van der Waals surface area contributed by atoms with Crippen molar-refractivity contribution in [3.8, 4) is 5.75 Å². The number of carbonyl (C=O) groups excluding carboxylic acids is 2. The van der Waals surface area contributed by atoms with Gasteiger partial charge >= 0.3 is 0 Å². The minimum absolute atomic E-state index is 0.113. The van der Waals surface area contributed by atoms with Crippen molar-refractivity contribution in [1.82, 2.24) is 10.2 Å². The standard InChI is InChI=1S/C26H37N3O5S/c1-6-24(26(31)27-4)28(19-21-11-8-10-20(3)18-21)25(30)12-9-17-29(35(5,32)33)22-13-15-23(16-14-22)34-7-2/h8,10-11,13-16,18,24H,6-7,9,12,17,19H2,1-5H3,(H,27,31). The number of nitrogens with zero attached hydrogens (tertiary/aromatic N) is 2. The van der Waals surface area contributed by atoms with Crippen molar-refractivity contribution in [3.63, 3.8) is 0 Å². The lowest BCUT2D eigenvalue weighted by Crippen LogP contribution is -2.48. The van der Waals surface area contributed by atoms with Crippen LogP contribution in [0.15, 0.2) is 48.5 Å². The molecule has 0 aromatic heterocycles. The van der Waals surface area contributed by atoms with Gasteiger partial charge in [-0.1, -0.05) is 36.8 Å². The maximum atomic E-state index is 13.3. The number of likely N-dealkylation sites (N-methyl/N-ethyl adjacent to an activating group) is 1. The maximum absolute atomic E-state index is 13.3. The van der Waals surface area contributed by atoms with Crippen molar-refractivity contribution < 1.29 is 22.7 Å². The molecule has 8 nitrogen and oxygen atoms in total. The summed E-state index contributed by atoms with van der Waals surface area (Å²) < 4.78 is 31.6. The number of rotatable bonds is 13. The summed E-state index contributed by atoms with van der Waals surface area (Å²) >= 11 is 0. The minimum atomic E-state index is -3.55. The third-order valence-corrected chi connectivity index (χ3v) is 6.85. The fourth-order valence-corrected chi connectivity index (χ4v) is 4.94. The highest BCUT2D eigenvalue weighted by Gasteiger charge is 2.28. The van der Waals surface area contributed by atoms with Crippen LogP contribution < -0.4 is 14.4 Å². The van der Waals surface area contributed by atoms with Crippen LogP contribution in [-0.4, -0.2) is 57.6 Å². The molecule has 192 valence electrons. The van der Waals surface area contributed by atoms with E-state index < -0.39 is 16.1 Å². The van der Waals surface area contributed by atoms with Crippen LogP contribution in [0.3, 0.4) is 0 Å². The van der Waals surface area contributed by atoms with Gasteiger partial charge in [0.2, 0.25) is 21.8 Å². The molecule has 0 saturated heterocycles. The molecule has 9 heteroatoms. The predicted octanol–water partition coefficient (Wildman–Crippen LogP) is 3.49. The van der Waals surface area contributed by atoms with E-state index in [1.54, 1.807) is 36.2 Å². The van der Waals surface area contributed by atoms with Gasteiger partial charge in [0.25, 0.3) is 0 Å². The lowest BCUT2D eigenvalue weighted by Gasteiger charge is -2.31. The average Bonchev–Trinajstić information content (AvgIpc) is 2.81. The smallest absolute Gasteiger partial charge is 0.242 e. The van der Waals surface area contributed by atoms with Crippen molar-refractivity contribution in [1.29, 1.82) is 0 Å². The summed E-state index contributed by atoms with van der Waals surface area (Å²) in [6.45, 7) is 6.70. The van der Waals surface area contributed by atoms with E-state index in [0.717, 1.165) is 17.4 Å². The first-order valence-electron chi connectivity index (χ1n) is 11.9. The van der Waals surface area contributed by atoms with Gasteiger partial charge in [-0.3, -0.25) is 13.9 Å². The SMILES string of the molecule is CCOc1ccc(N(CCCC(=O)N(Cc2cccc(C)c2)C(CC)C(=O)NC)S(C)(=O)=O)cc1. The Balaban J connectivity index is 2.17. The molecule has 0 bridgehead atoms. The predicted molar refractivity (Wildman–Crippen MR) is 139 cm³/mol. The fraction of sp³-hybridized carbons (Fsp3) is 0.462. The molecule has 1 N–H and O–H groups in total. The van der Waals surface area contributed by atoms with Gasteiger partial charge in [-0.2, -0.15) is 0 Å². The molecule has 0 radical (unpaired) electrons. The first-order chi connectivity index (χ1) is 16.6. The second-order valence-electron chi connectivity index (χ2n) is 8.41. The molecule has 2 rings (SSSR count). The summed E-state index contributed by atoms with van der Waals surface area (Å²) in [4.78, 5) is 27.4. The van der Waals surface area contributed by atoms with Crippen LogP contribution in [0.1, 0.15) is 44.2 Å². The number of sulfonamides is 1. The zero-order valence-corrected chi connectivity index (χ0v) is 22.1. The van der Waals surface area contributed by atoms with Crippen molar-refractivity contribution >= 4 is 27.5 Å². The van der Waals surface area contributed by atoms with E-state index in [4.69, 9.17) is 4.74 Å². The van der Waals surface area contributed by atoms with E-state index in [1.165, 1.54) is 4.31 Å². The van der Waals surface area contributed by atoms with Crippen LogP contribution in [0.5, 0.6) is 5.75 Å². The molecule has 2 aromatic carbocycles. The molecule has 0 aliphatic rings. The number of benzene rings is 2. The number of aryl methyl sites for hydroxylation is 1. The van der Waals surface area contributed by atoms with E-state index in [-0.39, 0.29) is 24.8 Å². The number of amides is 2. The highest BCUT2D eigenvalue weighted by Crippen LogP contribution is 2.23. The molecule has 2 aromatic rings. The summed E-state index contributed by atoms with van der Waals surface area (Å²) in [7, 11) is -1.99. The largest absolute Gasteiger partial charge is 0.494 e. The zero-order chi connectivity index (χ0) is 26.0. The van der Waals surface area contributed by atoms with Crippen LogP contribution in [0, 0.1) is 6.92 Å². The Morgan fingerprint density at radius 2 is 1.77 bits per heavy atom. The van der Waals surface area contributed by atoms with E-state index in [0.29, 0.717) is 37.4 Å². The van der Waals surface area contributed by atoms with Gasteiger partial charge in [0.05, 0.1) is 18.6 Å². The maximum Gasteiger partial charge on any atom is 0.242 e. The Hall–Kier alpha value is -3.07. The van der Waals surface area contributed by atoms with Gasteiger partial charge in [0, 0.05) is 26.6 Å². The average molecular weight is 504 g/mol. The van der Waals surface area contributed by atoms with Gasteiger partial charge in [-0.05, 0) is 56.5 Å². The number of carbonyl (C=O) groups is 2. The molecule has 0 aliphatic heterocycles. The highest BCUT2D eigenvalue weighted by atomic mass is 32.2. The van der Waals surface area contributed by atoms with E-state index in [2.05, 4.69) is 5.32 Å². The van der Waals surface area contributed by atoms with E-state index in [9.17, 15) is 18.0 Å². The lowest BCUT2D eigenvalue weighted by atomic mass is 10.1. The van der Waals surface area contributed by atoms with Gasteiger partial charge in [0.15, 0.2) is 0 Å². The van der Waals surface area contributed by atoms with E-state index in [1.807, 2.05) is 45.0 Å². The number of anilines is 1. The summed E-state index contributed by atoms with van der Waals surface area (Å²) in [5, 5.41) is 2.65. The molecule has 0 saturated carbocycles. The molecule has 1 atom stereocenters. The number of hydrogen-bond acceptors (Lipinski definition) is 5. The zero-order valence-electron chi connectivity index (χ0n) is 21.3. The number of nitrogens with one attached hydrogen (secondary N) is 1. The van der Waals surface area contributed by atoms with Crippen molar-refractivity contribution in [3.05, 3.63) is 59.7 Å². The summed E-state index contributed by atoms with van der Waals surface area (Å²) in [5.41, 5.74) is 2.52. The minimum Gasteiger partial charge on any atom is -0.494 e. The first kappa shape index (κ1) is 28.2. The van der Waals surface area contributed by atoms with Crippen LogP contribution in [0.4, 0.5) is 5.69 Å². The molecular weight excluding hydrogens is 466 g/mol. The van der Waals surface area contributed by atoms with Crippen LogP contribution >= 0.6 is 0 Å². The van der Waals surface area contributed by atoms with E-state index >= 15 is 0 Å². The molecule has 2 amide bonds. The third kappa shape index (κ3) is 8.28. The topological polar surface area (TPSA) is 96.0 Å². The molecule has 0 spiro atoms. The number of ether oxygens (including phenoxy) is 1. The third-order valence-electron chi connectivity index (χ3n) is 5.66. The Kier molecular flexibility index (Phi) is 10.6. The Morgan fingerprint density at radius 1 is 1.09 bits per heavy atom. The van der Waals surface area contributed by atoms with Crippen molar-refractivity contribution in [2.75, 3.05) is 30.8 Å². The van der Waals surface area contributed by atoms with Crippen molar-refractivity contribution in [2.45, 2.75) is 52.6 Å². The van der Waals surface area contributed by atoms with Gasteiger partial charge in [-0.15, -0.1) is 0 Å². The number of hydrogen-bond donors (Lipinski definition) is 1. The molecule has 0 heterocycles. The van der Waals surface area contributed by atoms with Gasteiger partial charge in [-0.25, -0.2) is 8.42 Å². The fourth-order valence-electron chi connectivity index (χ4n) is 3.97. The van der Waals surface area contributed by atoms with Crippen LogP contribution in [-0.2, 0) is 26.2 Å². The van der Waals surface area contributed by atoms with Crippen molar-refractivity contribution in [2.24, 2.45) is 0 Å².